The fourth-order valence-corrected chi connectivity index (χ4v) is 4.56. The summed E-state index contributed by atoms with van der Waals surface area (Å²) in [5.74, 6) is -0.808. The molecule has 0 aliphatic heterocycles. The second kappa shape index (κ2) is 10.9. The van der Waals surface area contributed by atoms with Crippen LogP contribution in [-0.4, -0.2) is 44.6 Å². The third-order valence-electron chi connectivity index (χ3n) is 4.17. The molecule has 0 heterocycles. The van der Waals surface area contributed by atoms with E-state index in [0.29, 0.717) is 35.2 Å². The Morgan fingerprint density at radius 3 is 2.41 bits per heavy atom. The van der Waals surface area contributed by atoms with Crippen molar-refractivity contribution in [3.63, 3.8) is 0 Å². The van der Waals surface area contributed by atoms with Crippen LogP contribution in [0, 0.1) is 5.82 Å². The minimum absolute atomic E-state index is 0.0799. The van der Waals surface area contributed by atoms with Gasteiger partial charge in [-0.1, -0.05) is 30.1 Å². The van der Waals surface area contributed by atoms with Crippen molar-refractivity contribution in [2.24, 2.45) is 0 Å². The number of amides is 1. The maximum absolute atomic E-state index is 13.0. The van der Waals surface area contributed by atoms with E-state index in [-0.39, 0.29) is 23.1 Å². The van der Waals surface area contributed by atoms with E-state index in [1.54, 1.807) is 18.2 Å². The number of sulfone groups is 1. The van der Waals surface area contributed by atoms with Crippen molar-refractivity contribution < 1.29 is 17.6 Å². The Balaban J connectivity index is 1.90. The average Bonchev–Trinajstić information content (AvgIpc) is 2.64. The van der Waals surface area contributed by atoms with Crippen LogP contribution in [-0.2, 0) is 14.6 Å². The van der Waals surface area contributed by atoms with Gasteiger partial charge in [0.1, 0.15) is 5.82 Å². The van der Waals surface area contributed by atoms with Gasteiger partial charge in [0, 0.05) is 5.02 Å². The van der Waals surface area contributed by atoms with E-state index in [2.05, 4.69) is 5.32 Å². The summed E-state index contributed by atoms with van der Waals surface area (Å²) in [6.07, 6.45) is 1.17. The van der Waals surface area contributed by atoms with E-state index in [4.69, 9.17) is 23.2 Å². The molecule has 0 aliphatic carbocycles. The third kappa shape index (κ3) is 7.59. The highest BCUT2D eigenvalue weighted by atomic mass is 35.5. The van der Waals surface area contributed by atoms with Crippen LogP contribution in [0.25, 0.3) is 0 Å². The SMILES string of the molecule is CCCN(CCCS(=O)(=O)c1ccc(F)cc1)CC(=O)Nc1ccc(Cl)cc1Cl. The van der Waals surface area contributed by atoms with Gasteiger partial charge in [-0.2, -0.15) is 0 Å². The van der Waals surface area contributed by atoms with Gasteiger partial charge in [0.05, 0.1) is 27.9 Å². The van der Waals surface area contributed by atoms with Crippen molar-refractivity contribution in [3.05, 3.63) is 58.3 Å². The Labute approximate surface area is 180 Å². The highest BCUT2D eigenvalue weighted by Gasteiger charge is 2.17. The molecule has 0 fully saturated rings. The molecule has 0 radical (unpaired) electrons. The molecule has 2 aromatic rings. The van der Waals surface area contributed by atoms with Crippen LogP contribution in [0.5, 0.6) is 0 Å². The molecule has 5 nitrogen and oxygen atoms in total. The molecule has 0 saturated carbocycles. The van der Waals surface area contributed by atoms with E-state index >= 15 is 0 Å². The number of nitrogens with zero attached hydrogens (tertiary/aromatic N) is 1. The first kappa shape index (κ1) is 23.6. The molecule has 9 heteroatoms. The van der Waals surface area contributed by atoms with E-state index in [1.807, 2.05) is 11.8 Å². The molecule has 0 saturated heterocycles. The summed E-state index contributed by atoms with van der Waals surface area (Å²) in [6, 6.07) is 9.58. The Bertz CT molecular complexity index is 937. The first-order chi connectivity index (χ1) is 13.7. The van der Waals surface area contributed by atoms with Crippen molar-refractivity contribution in [1.29, 1.82) is 0 Å². The average molecular weight is 461 g/mol. The van der Waals surface area contributed by atoms with Crippen LogP contribution in [0.2, 0.25) is 10.0 Å². The molecule has 2 rings (SSSR count). The van der Waals surface area contributed by atoms with Crippen LogP contribution in [0.15, 0.2) is 47.4 Å². The maximum Gasteiger partial charge on any atom is 0.238 e. The molecule has 1 N–H and O–H groups in total. The Morgan fingerprint density at radius 1 is 1.10 bits per heavy atom. The summed E-state index contributed by atoms with van der Waals surface area (Å²) in [5, 5.41) is 3.56. The molecule has 0 spiro atoms. The lowest BCUT2D eigenvalue weighted by molar-refractivity contribution is -0.117. The monoisotopic (exact) mass is 460 g/mol. The summed E-state index contributed by atoms with van der Waals surface area (Å²) in [4.78, 5) is 14.3. The predicted molar refractivity (Wildman–Crippen MR) is 115 cm³/mol. The summed E-state index contributed by atoms with van der Waals surface area (Å²) in [5.41, 5.74) is 0.469. The van der Waals surface area contributed by atoms with Gasteiger partial charge in [-0.15, -0.1) is 0 Å². The smallest absolute Gasteiger partial charge is 0.238 e. The van der Waals surface area contributed by atoms with Crippen molar-refractivity contribution in [1.82, 2.24) is 4.90 Å². The molecule has 29 heavy (non-hydrogen) atoms. The molecular formula is C20H23Cl2FN2O3S. The number of carbonyl (C=O) groups excluding carboxylic acids is 1. The lowest BCUT2D eigenvalue weighted by Crippen LogP contribution is -2.35. The number of rotatable bonds is 10. The molecule has 1 amide bonds. The normalized spacial score (nSPS) is 11.6. The van der Waals surface area contributed by atoms with Gasteiger partial charge in [0.15, 0.2) is 9.84 Å². The van der Waals surface area contributed by atoms with E-state index in [0.717, 1.165) is 18.6 Å². The largest absolute Gasteiger partial charge is 0.324 e. The molecule has 0 atom stereocenters. The molecule has 0 unspecified atom stereocenters. The minimum Gasteiger partial charge on any atom is -0.324 e. The van der Waals surface area contributed by atoms with Crippen molar-refractivity contribution in [3.8, 4) is 0 Å². The number of halogens is 3. The van der Waals surface area contributed by atoms with Crippen LogP contribution >= 0.6 is 23.2 Å². The third-order valence-corrected chi connectivity index (χ3v) is 6.54. The zero-order valence-electron chi connectivity index (χ0n) is 16.0. The van der Waals surface area contributed by atoms with Gasteiger partial charge in [0.25, 0.3) is 0 Å². The molecular weight excluding hydrogens is 438 g/mol. The Morgan fingerprint density at radius 2 is 1.79 bits per heavy atom. The van der Waals surface area contributed by atoms with E-state index < -0.39 is 15.7 Å². The van der Waals surface area contributed by atoms with Gasteiger partial charge in [0.2, 0.25) is 5.91 Å². The van der Waals surface area contributed by atoms with Gasteiger partial charge in [-0.25, -0.2) is 12.8 Å². The zero-order chi connectivity index (χ0) is 21.4. The first-order valence-electron chi connectivity index (χ1n) is 9.17. The molecule has 0 aliphatic rings. The zero-order valence-corrected chi connectivity index (χ0v) is 18.3. The molecule has 0 bridgehead atoms. The Kier molecular flexibility index (Phi) is 8.89. The summed E-state index contributed by atoms with van der Waals surface area (Å²) < 4.78 is 37.7. The summed E-state index contributed by atoms with van der Waals surface area (Å²) in [6.45, 7) is 3.19. The fraction of sp³-hybridized carbons (Fsp3) is 0.350. The van der Waals surface area contributed by atoms with Gasteiger partial charge < -0.3 is 5.32 Å². The van der Waals surface area contributed by atoms with Crippen molar-refractivity contribution >= 4 is 44.6 Å². The minimum atomic E-state index is -3.50. The maximum atomic E-state index is 13.0. The van der Waals surface area contributed by atoms with Crippen LogP contribution in [0.1, 0.15) is 19.8 Å². The molecule has 158 valence electrons. The van der Waals surface area contributed by atoms with Crippen LogP contribution in [0.4, 0.5) is 10.1 Å². The van der Waals surface area contributed by atoms with Gasteiger partial charge in [-0.05, 0) is 68.4 Å². The number of carbonyl (C=O) groups is 1. The topological polar surface area (TPSA) is 66.5 Å². The lowest BCUT2D eigenvalue weighted by Gasteiger charge is -2.21. The van der Waals surface area contributed by atoms with Crippen molar-refractivity contribution in [2.75, 3.05) is 30.7 Å². The molecule has 0 aromatic heterocycles. The number of nitrogens with one attached hydrogen (secondary N) is 1. The van der Waals surface area contributed by atoms with Crippen molar-refractivity contribution in [2.45, 2.75) is 24.7 Å². The van der Waals surface area contributed by atoms with E-state index in [9.17, 15) is 17.6 Å². The molecule has 2 aromatic carbocycles. The predicted octanol–water partition coefficient (Wildman–Crippen LogP) is 4.65. The van der Waals surface area contributed by atoms with Crippen LogP contribution in [0.3, 0.4) is 0 Å². The highest BCUT2D eigenvalue weighted by molar-refractivity contribution is 7.91. The van der Waals surface area contributed by atoms with Gasteiger partial charge >= 0.3 is 0 Å². The lowest BCUT2D eigenvalue weighted by atomic mass is 10.3. The highest BCUT2D eigenvalue weighted by Crippen LogP contribution is 2.25. The van der Waals surface area contributed by atoms with Crippen LogP contribution < -0.4 is 5.32 Å². The number of hydrogen-bond acceptors (Lipinski definition) is 4. The Hall–Kier alpha value is -1.67. The number of benzene rings is 2. The fourth-order valence-electron chi connectivity index (χ4n) is 2.81. The number of hydrogen-bond donors (Lipinski definition) is 1. The summed E-state index contributed by atoms with van der Waals surface area (Å²) >= 11 is 11.9. The summed E-state index contributed by atoms with van der Waals surface area (Å²) in [7, 11) is -3.50. The quantitative estimate of drug-likeness (QED) is 0.524. The standard InChI is InChI=1S/C20H23Cl2FN2O3S/c1-2-10-25(14-20(26)24-19-9-4-15(21)13-18(19)22)11-3-12-29(27,28)17-7-5-16(23)6-8-17/h4-9,13H,2-3,10-12,14H2,1H3,(H,24,26). The second-order valence-corrected chi connectivity index (χ2v) is 9.53. The van der Waals surface area contributed by atoms with E-state index in [1.165, 1.54) is 12.1 Å². The van der Waals surface area contributed by atoms with Gasteiger partial charge in [-0.3, -0.25) is 9.69 Å². The first-order valence-corrected chi connectivity index (χ1v) is 11.6. The number of anilines is 1. The second-order valence-electron chi connectivity index (χ2n) is 6.57.